The van der Waals surface area contributed by atoms with Gasteiger partial charge in [-0.15, -0.1) is 0 Å². The Hall–Kier alpha value is -1.95. The molecule has 0 aliphatic carbocycles. The van der Waals surface area contributed by atoms with Gasteiger partial charge in [-0.3, -0.25) is 4.79 Å². The van der Waals surface area contributed by atoms with Crippen molar-refractivity contribution in [1.29, 1.82) is 0 Å². The van der Waals surface area contributed by atoms with Crippen LogP contribution in [0.3, 0.4) is 0 Å². The highest BCUT2D eigenvalue weighted by atomic mass is 16.5. The number of aliphatic hydroxyl groups excluding tert-OH is 1. The summed E-state index contributed by atoms with van der Waals surface area (Å²) in [7, 11) is 0. The minimum Gasteiger partial charge on any atom is -0.461 e. The van der Waals surface area contributed by atoms with Crippen LogP contribution in [0.1, 0.15) is 46.9 Å². The highest BCUT2D eigenvalue weighted by Gasteiger charge is 2.19. The molecule has 0 aromatic carbocycles. The van der Waals surface area contributed by atoms with Gasteiger partial charge >= 0.3 is 5.97 Å². The van der Waals surface area contributed by atoms with E-state index in [0.29, 0.717) is 18.3 Å². The first-order valence-corrected chi connectivity index (χ1v) is 6.28. The SMILES string of the molecule is Cc1c(C(=O)OCCC=CC(C)(C)CO)noc1C=O. The van der Waals surface area contributed by atoms with Crippen LogP contribution in [0.4, 0.5) is 0 Å². The number of aliphatic hydroxyl groups is 1. The first-order valence-electron chi connectivity index (χ1n) is 6.28. The summed E-state index contributed by atoms with van der Waals surface area (Å²) in [6, 6.07) is 0. The summed E-state index contributed by atoms with van der Waals surface area (Å²) in [6.07, 6.45) is 4.74. The molecule has 0 spiro atoms. The fourth-order valence-electron chi connectivity index (χ4n) is 1.39. The second-order valence-corrected chi connectivity index (χ2v) is 5.11. The molecule has 1 N–H and O–H groups in total. The van der Waals surface area contributed by atoms with Gasteiger partial charge in [0, 0.05) is 11.0 Å². The van der Waals surface area contributed by atoms with E-state index in [2.05, 4.69) is 5.16 Å². The summed E-state index contributed by atoms with van der Waals surface area (Å²) in [6.45, 7) is 5.61. The maximum atomic E-state index is 11.7. The second-order valence-electron chi connectivity index (χ2n) is 5.11. The number of hydrogen-bond donors (Lipinski definition) is 1. The topological polar surface area (TPSA) is 89.6 Å². The zero-order valence-electron chi connectivity index (χ0n) is 11.9. The van der Waals surface area contributed by atoms with Crippen molar-refractivity contribution in [2.75, 3.05) is 13.2 Å². The van der Waals surface area contributed by atoms with Crippen molar-refractivity contribution in [3.63, 3.8) is 0 Å². The van der Waals surface area contributed by atoms with Crippen LogP contribution < -0.4 is 0 Å². The van der Waals surface area contributed by atoms with Crippen LogP contribution in [0.5, 0.6) is 0 Å². The lowest BCUT2D eigenvalue weighted by molar-refractivity contribution is 0.0498. The quantitative estimate of drug-likeness (QED) is 0.355. The first-order chi connectivity index (χ1) is 9.41. The number of aromatic nitrogens is 1. The number of carbonyl (C=O) groups excluding carboxylic acids is 2. The summed E-state index contributed by atoms with van der Waals surface area (Å²) < 4.78 is 9.72. The number of ether oxygens (including phenoxy) is 1. The zero-order chi connectivity index (χ0) is 15.2. The van der Waals surface area contributed by atoms with Gasteiger partial charge in [0.15, 0.2) is 12.0 Å². The number of rotatable bonds is 7. The van der Waals surface area contributed by atoms with E-state index in [9.17, 15) is 9.59 Å². The smallest absolute Gasteiger partial charge is 0.360 e. The Morgan fingerprint density at radius 2 is 2.20 bits per heavy atom. The monoisotopic (exact) mass is 281 g/mol. The van der Waals surface area contributed by atoms with Gasteiger partial charge < -0.3 is 14.4 Å². The molecule has 1 aromatic heterocycles. The van der Waals surface area contributed by atoms with E-state index in [-0.39, 0.29) is 30.1 Å². The molecule has 0 radical (unpaired) electrons. The van der Waals surface area contributed by atoms with E-state index < -0.39 is 5.97 Å². The Kier molecular flexibility index (Phi) is 5.64. The maximum absolute atomic E-state index is 11.7. The van der Waals surface area contributed by atoms with Crippen LogP contribution in [0.15, 0.2) is 16.7 Å². The summed E-state index contributed by atoms with van der Waals surface area (Å²) in [4.78, 5) is 22.3. The molecule has 6 heteroatoms. The molecule has 20 heavy (non-hydrogen) atoms. The van der Waals surface area contributed by atoms with Crippen LogP contribution in [0.25, 0.3) is 0 Å². The Morgan fingerprint density at radius 3 is 2.75 bits per heavy atom. The minimum atomic E-state index is -0.617. The number of hydrogen-bond acceptors (Lipinski definition) is 6. The molecule has 1 aromatic rings. The van der Waals surface area contributed by atoms with Gasteiger partial charge in [0.1, 0.15) is 0 Å². The van der Waals surface area contributed by atoms with Gasteiger partial charge in [-0.1, -0.05) is 31.2 Å². The standard InChI is InChI=1S/C14H19NO5/c1-10-11(8-16)20-15-12(10)13(18)19-7-5-4-6-14(2,3)9-17/h4,6,8,17H,5,7,9H2,1-3H3. The lowest BCUT2D eigenvalue weighted by Crippen LogP contribution is -2.12. The Balaban J connectivity index is 2.44. The molecular formula is C14H19NO5. The van der Waals surface area contributed by atoms with E-state index in [1.165, 1.54) is 0 Å². The number of nitrogens with zero attached hydrogens (tertiary/aromatic N) is 1. The summed E-state index contributed by atoms with van der Waals surface area (Å²) in [5, 5.41) is 12.6. The number of esters is 1. The molecule has 110 valence electrons. The molecule has 0 saturated heterocycles. The predicted octanol–water partition coefficient (Wildman–Crippen LogP) is 1.92. The van der Waals surface area contributed by atoms with Gasteiger partial charge in [-0.25, -0.2) is 4.79 Å². The zero-order valence-corrected chi connectivity index (χ0v) is 11.9. The second kappa shape index (κ2) is 7.00. The largest absolute Gasteiger partial charge is 0.461 e. The highest BCUT2D eigenvalue weighted by Crippen LogP contribution is 2.15. The Labute approximate surface area is 117 Å². The van der Waals surface area contributed by atoms with E-state index in [1.54, 1.807) is 6.92 Å². The molecule has 0 aliphatic rings. The molecule has 1 heterocycles. The van der Waals surface area contributed by atoms with Gasteiger partial charge in [-0.2, -0.15) is 0 Å². The third kappa shape index (κ3) is 4.31. The van der Waals surface area contributed by atoms with Crippen LogP contribution in [0, 0.1) is 12.3 Å². The van der Waals surface area contributed by atoms with E-state index >= 15 is 0 Å². The van der Waals surface area contributed by atoms with Crippen molar-refractivity contribution in [2.45, 2.75) is 27.2 Å². The average Bonchev–Trinajstić information content (AvgIpc) is 2.79. The van der Waals surface area contributed by atoms with Crippen molar-refractivity contribution in [2.24, 2.45) is 5.41 Å². The molecule has 0 bridgehead atoms. The van der Waals surface area contributed by atoms with Crippen LogP contribution in [0.2, 0.25) is 0 Å². The van der Waals surface area contributed by atoms with Crippen molar-refractivity contribution < 1.29 is 24.0 Å². The van der Waals surface area contributed by atoms with Crippen LogP contribution in [-0.2, 0) is 4.74 Å². The normalized spacial score (nSPS) is 11.8. The van der Waals surface area contributed by atoms with Crippen LogP contribution in [-0.4, -0.2) is 35.7 Å². The van der Waals surface area contributed by atoms with Crippen molar-refractivity contribution in [3.05, 3.63) is 29.2 Å². The first kappa shape index (κ1) is 16.1. The van der Waals surface area contributed by atoms with Crippen molar-refractivity contribution in [1.82, 2.24) is 5.16 Å². The van der Waals surface area contributed by atoms with Gasteiger partial charge in [-0.05, 0) is 13.3 Å². The van der Waals surface area contributed by atoms with Crippen molar-refractivity contribution >= 4 is 12.3 Å². The third-order valence-electron chi connectivity index (χ3n) is 2.75. The Morgan fingerprint density at radius 1 is 1.50 bits per heavy atom. The molecule has 0 fully saturated rings. The summed E-state index contributed by atoms with van der Waals surface area (Å²) in [5.74, 6) is -0.587. The third-order valence-corrected chi connectivity index (χ3v) is 2.75. The summed E-state index contributed by atoms with van der Waals surface area (Å²) >= 11 is 0. The van der Waals surface area contributed by atoms with Gasteiger partial charge in [0.2, 0.25) is 5.76 Å². The van der Waals surface area contributed by atoms with Gasteiger partial charge in [0.25, 0.3) is 0 Å². The molecule has 1 rings (SSSR count). The molecule has 0 saturated carbocycles. The van der Waals surface area contributed by atoms with Crippen molar-refractivity contribution in [3.8, 4) is 0 Å². The lowest BCUT2D eigenvalue weighted by Gasteiger charge is -2.15. The minimum absolute atomic E-state index is 0.0202. The number of aldehydes is 1. The molecule has 0 atom stereocenters. The average molecular weight is 281 g/mol. The van der Waals surface area contributed by atoms with Crippen LogP contribution >= 0.6 is 0 Å². The number of carbonyl (C=O) groups is 2. The molecule has 0 amide bonds. The molecule has 6 nitrogen and oxygen atoms in total. The Bertz CT molecular complexity index is 502. The van der Waals surface area contributed by atoms with E-state index in [0.717, 1.165) is 0 Å². The van der Waals surface area contributed by atoms with E-state index in [1.807, 2.05) is 26.0 Å². The fraction of sp³-hybridized carbons (Fsp3) is 0.500. The predicted molar refractivity (Wildman–Crippen MR) is 71.5 cm³/mol. The molecular weight excluding hydrogens is 262 g/mol. The highest BCUT2D eigenvalue weighted by molar-refractivity contribution is 5.91. The lowest BCUT2D eigenvalue weighted by atomic mass is 9.94. The van der Waals surface area contributed by atoms with Gasteiger partial charge in [0.05, 0.1) is 13.2 Å². The maximum Gasteiger partial charge on any atom is 0.360 e. The molecule has 0 unspecified atom stereocenters. The summed E-state index contributed by atoms with van der Waals surface area (Å²) in [5.41, 5.74) is 0.111. The van der Waals surface area contributed by atoms with E-state index in [4.69, 9.17) is 14.4 Å². The fourth-order valence-corrected chi connectivity index (χ4v) is 1.39. The molecule has 0 aliphatic heterocycles.